The van der Waals surface area contributed by atoms with Gasteiger partial charge in [-0.1, -0.05) is 41.9 Å². The van der Waals surface area contributed by atoms with Gasteiger partial charge in [0.15, 0.2) is 19.0 Å². The summed E-state index contributed by atoms with van der Waals surface area (Å²) >= 11 is 6.02. The Morgan fingerprint density at radius 2 is 1.88 bits per heavy atom. The minimum absolute atomic E-state index is 0.175. The molecule has 34 heavy (non-hydrogen) atoms. The maximum absolute atomic E-state index is 12.8. The van der Waals surface area contributed by atoms with E-state index in [1.54, 1.807) is 36.4 Å². The number of nitrogens with zero attached hydrogens (tertiary/aromatic N) is 1. The zero-order valence-corrected chi connectivity index (χ0v) is 19.3. The predicted octanol–water partition coefficient (Wildman–Crippen LogP) is 3.95. The molecule has 0 radical (unpaired) electrons. The molecule has 0 spiro atoms. The highest BCUT2D eigenvalue weighted by atomic mass is 35.5. The zero-order valence-electron chi connectivity index (χ0n) is 18.5. The van der Waals surface area contributed by atoms with E-state index in [1.165, 1.54) is 4.90 Å². The molecule has 3 aromatic carbocycles. The van der Waals surface area contributed by atoms with Gasteiger partial charge in [-0.3, -0.25) is 19.3 Å². The van der Waals surface area contributed by atoms with Crippen LogP contribution in [0.4, 0.5) is 5.69 Å². The lowest BCUT2D eigenvalue weighted by Crippen LogP contribution is -2.45. The van der Waals surface area contributed by atoms with Gasteiger partial charge in [-0.25, -0.2) is 0 Å². The number of carbonyl (C=O) groups is 3. The van der Waals surface area contributed by atoms with Crippen LogP contribution in [-0.2, 0) is 16.1 Å². The lowest BCUT2D eigenvalue weighted by Gasteiger charge is -2.29. The first-order valence-corrected chi connectivity index (χ1v) is 11.1. The Morgan fingerprint density at radius 1 is 1.09 bits per heavy atom. The van der Waals surface area contributed by atoms with E-state index >= 15 is 0 Å². The Hall–Kier alpha value is -3.84. The Kier molecular flexibility index (Phi) is 7.13. The average molecular weight is 479 g/mol. The summed E-state index contributed by atoms with van der Waals surface area (Å²) in [4.78, 5) is 39.1. The van der Waals surface area contributed by atoms with Gasteiger partial charge in [0.2, 0.25) is 5.91 Å². The summed E-state index contributed by atoms with van der Waals surface area (Å²) in [5, 5.41) is 3.43. The molecular formula is C26H23ClN2O5. The highest BCUT2D eigenvalue weighted by molar-refractivity contribution is 6.31. The highest BCUT2D eigenvalue weighted by Gasteiger charge is 2.28. The van der Waals surface area contributed by atoms with Gasteiger partial charge in [-0.05, 0) is 54.4 Å². The molecule has 7 nitrogen and oxygen atoms in total. The number of benzene rings is 3. The number of Topliss-reactive ketones (excluding diaryl/α,β-unsaturated/α-hetero) is 1. The van der Waals surface area contributed by atoms with Crippen LogP contribution in [0, 0.1) is 6.92 Å². The van der Waals surface area contributed by atoms with E-state index in [2.05, 4.69) is 5.32 Å². The van der Waals surface area contributed by atoms with Crippen LogP contribution in [0.25, 0.3) is 0 Å². The standard InChI is InChI=1S/C26H23ClN2O5/c1-17-11-20(8-9-21(17)27)33-15-23(30)19-7-10-24-22(12-19)29(26(32)16-34-24)14-25(31)28-13-18-5-3-2-4-6-18/h2-12H,13-16H2,1H3,(H,28,31). The summed E-state index contributed by atoms with van der Waals surface area (Å²) in [5.41, 5.74) is 2.52. The van der Waals surface area contributed by atoms with Crippen molar-refractivity contribution in [2.75, 3.05) is 24.7 Å². The third-order valence-electron chi connectivity index (χ3n) is 5.36. The number of carbonyl (C=O) groups excluding carboxylic acids is 3. The number of rotatable bonds is 8. The maximum Gasteiger partial charge on any atom is 0.265 e. The predicted molar refractivity (Wildman–Crippen MR) is 129 cm³/mol. The van der Waals surface area contributed by atoms with Gasteiger partial charge in [0, 0.05) is 17.1 Å². The molecule has 0 saturated carbocycles. The van der Waals surface area contributed by atoms with Crippen LogP contribution < -0.4 is 19.7 Å². The second kappa shape index (κ2) is 10.4. The van der Waals surface area contributed by atoms with E-state index in [0.29, 0.717) is 34.3 Å². The first kappa shape index (κ1) is 23.3. The Bertz CT molecular complexity index is 1230. The van der Waals surface area contributed by atoms with Crippen molar-refractivity contribution in [3.8, 4) is 11.5 Å². The van der Waals surface area contributed by atoms with Crippen LogP contribution in [0.2, 0.25) is 5.02 Å². The zero-order chi connectivity index (χ0) is 24.1. The summed E-state index contributed by atoms with van der Waals surface area (Å²) in [6.45, 7) is 1.66. The van der Waals surface area contributed by atoms with Crippen molar-refractivity contribution in [1.82, 2.24) is 5.32 Å². The van der Waals surface area contributed by atoms with Gasteiger partial charge in [0.1, 0.15) is 18.0 Å². The van der Waals surface area contributed by atoms with Gasteiger partial charge in [0.25, 0.3) is 5.91 Å². The molecule has 0 aliphatic carbocycles. The number of halogens is 1. The van der Waals surface area contributed by atoms with Crippen LogP contribution in [0.5, 0.6) is 11.5 Å². The minimum Gasteiger partial charge on any atom is -0.485 e. The fraction of sp³-hybridized carbons (Fsp3) is 0.192. The number of hydrogen-bond acceptors (Lipinski definition) is 5. The number of hydrogen-bond donors (Lipinski definition) is 1. The van der Waals surface area contributed by atoms with E-state index in [9.17, 15) is 14.4 Å². The van der Waals surface area contributed by atoms with E-state index in [1.807, 2.05) is 37.3 Å². The SMILES string of the molecule is Cc1cc(OCC(=O)c2ccc3c(c2)N(CC(=O)NCc2ccccc2)C(=O)CO3)ccc1Cl. The molecule has 0 bridgehead atoms. The van der Waals surface area contributed by atoms with Gasteiger partial charge in [-0.15, -0.1) is 0 Å². The Balaban J connectivity index is 1.44. The summed E-state index contributed by atoms with van der Waals surface area (Å²) < 4.78 is 11.1. The van der Waals surface area contributed by atoms with E-state index < -0.39 is 0 Å². The molecule has 4 rings (SSSR count). The van der Waals surface area contributed by atoms with E-state index in [4.69, 9.17) is 21.1 Å². The first-order chi connectivity index (χ1) is 16.4. The fourth-order valence-corrected chi connectivity index (χ4v) is 3.60. The van der Waals surface area contributed by atoms with Crippen LogP contribution in [0.15, 0.2) is 66.7 Å². The summed E-state index contributed by atoms with van der Waals surface area (Å²) in [6, 6.07) is 19.4. The van der Waals surface area contributed by atoms with Gasteiger partial charge < -0.3 is 14.8 Å². The number of nitrogens with one attached hydrogen (secondary N) is 1. The molecule has 2 amide bonds. The number of anilines is 1. The molecule has 0 aromatic heterocycles. The number of ether oxygens (including phenoxy) is 2. The average Bonchev–Trinajstić information content (AvgIpc) is 2.85. The lowest BCUT2D eigenvalue weighted by atomic mass is 10.1. The molecular weight excluding hydrogens is 456 g/mol. The monoisotopic (exact) mass is 478 g/mol. The molecule has 1 N–H and O–H groups in total. The van der Waals surface area contributed by atoms with E-state index in [-0.39, 0.29) is 37.4 Å². The van der Waals surface area contributed by atoms with Crippen molar-refractivity contribution in [3.05, 3.63) is 88.4 Å². The van der Waals surface area contributed by atoms with Crippen LogP contribution in [0.3, 0.4) is 0 Å². The third-order valence-corrected chi connectivity index (χ3v) is 5.78. The Labute approximate surface area is 202 Å². The largest absolute Gasteiger partial charge is 0.485 e. The van der Waals surface area contributed by atoms with Gasteiger partial charge in [0.05, 0.1) is 5.69 Å². The second-order valence-electron chi connectivity index (χ2n) is 7.84. The van der Waals surface area contributed by atoms with Crippen LogP contribution in [-0.4, -0.2) is 37.4 Å². The van der Waals surface area contributed by atoms with E-state index in [0.717, 1.165) is 11.1 Å². The van der Waals surface area contributed by atoms with Gasteiger partial charge in [-0.2, -0.15) is 0 Å². The Morgan fingerprint density at radius 3 is 2.65 bits per heavy atom. The summed E-state index contributed by atoms with van der Waals surface area (Å²) in [6.07, 6.45) is 0. The van der Waals surface area contributed by atoms with Crippen LogP contribution >= 0.6 is 11.6 Å². The van der Waals surface area contributed by atoms with Crippen molar-refractivity contribution in [1.29, 1.82) is 0 Å². The molecule has 174 valence electrons. The molecule has 0 unspecified atom stereocenters. The smallest absolute Gasteiger partial charge is 0.265 e. The lowest BCUT2D eigenvalue weighted by molar-refractivity contribution is -0.125. The van der Waals surface area contributed by atoms with Crippen molar-refractivity contribution in [2.24, 2.45) is 0 Å². The quantitative estimate of drug-likeness (QED) is 0.495. The normalized spacial score (nSPS) is 12.5. The molecule has 1 heterocycles. The molecule has 0 saturated heterocycles. The summed E-state index contributed by atoms with van der Waals surface area (Å²) in [7, 11) is 0. The van der Waals surface area contributed by atoms with Gasteiger partial charge >= 0.3 is 0 Å². The molecule has 1 aliphatic rings. The molecule has 1 aliphatic heterocycles. The van der Waals surface area contributed by atoms with Crippen molar-refractivity contribution >= 4 is 34.9 Å². The molecule has 0 atom stereocenters. The third kappa shape index (κ3) is 5.55. The number of aryl methyl sites for hydroxylation is 1. The van der Waals surface area contributed by atoms with Crippen molar-refractivity contribution < 1.29 is 23.9 Å². The number of ketones is 1. The van der Waals surface area contributed by atoms with Crippen molar-refractivity contribution in [3.63, 3.8) is 0 Å². The molecule has 3 aromatic rings. The number of amides is 2. The molecule has 8 heteroatoms. The highest BCUT2D eigenvalue weighted by Crippen LogP contribution is 2.33. The molecule has 0 fully saturated rings. The minimum atomic E-state index is -0.361. The van der Waals surface area contributed by atoms with Crippen LogP contribution in [0.1, 0.15) is 21.5 Å². The first-order valence-electron chi connectivity index (χ1n) is 10.7. The van der Waals surface area contributed by atoms with Crippen molar-refractivity contribution in [2.45, 2.75) is 13.5 Å². The number of fused-ring (bicyclic) bond motifs is 1. The summed E-state index contributed by atoms with van der Waals surface area (Å²) in [5.74, 6) is 0.00895. The maximum atomic E-state index is 12.8. The second-order valence-corrected chi connectivity index (χ2v) is 8.24. The fourth-order valence-electron chi connectivity index (χ4n) is 3.48. The topological polar surface area (TPSA) is 84.9 Å².